The number of fused-ring (bicyclic) bond motifs is 1. The second kappa shape index (κ2) is 6.93. The first-order valence-corrected chi connectivity index (χ1v) is 9.82. The van der Waals surface area contributed by atoms with Gasteiger partial charge in [0.1, 0.15) is 5.75 Å². The van der Waals surface area contributed by atoms with E-state index in [-0.39, 0.29) is 5.75 Å². The third-order valence-corrected chi connectivity index (χ3v) is 5.93. The molecule has 2 aliphatic heterocycles. The van der Waals surface area contributed by atoms with Gasteiger partial charge in [-0.2, -0.15) is 0 Å². The molecule has 1 unspecified atom stereocenters. The molecule has 2 aromatic rings. The lowest BCUT2D eigenvalue weighted by Crippen LogP contribution is -2.51. The number of benzene rings is 1. The lowest BCUT2D eigenvalue weighted by Gasteiger charge is -2.43. The van der Waals surface area contributed by atoms with Crippen LogP contribution >= 0.6 is 11.6 Å². The number of piperidine rings is 1. The van der Waals surface area contributed by atoms with Crippen LogP contribution in [0, 0.1) is 6.92 Å². The topological polar surface area (TPSA) is 81.5 Å². The fourth-order valence-corrected chi connectivity index (χ4v) is 4.48. The number of nitrogens with zero attached hydrogens (tertiary/aromatic N) is 3. The van der Waals surface area contributed by atoms with Crippen LogP contribution in [-0.4, -0.2) is 46.1 Å². The first-order chi connectivity index (χ1) is 12.9. The Morgan fingerprint density at radius 1 is 1.30 bits per heavy atom. The van der Waals surface area contributed by atoms with E-state index in [1.807, 2.05) is 19.9 Å². The SMILES string of the molecule is Cc1cc(Cl)cc(O)c1-c1cc2c(nn1)N([C@@H]1CCCNC1)CCC2(C)O. The van der Waals surface area contributed by atoms with Gasteiger partial charge < -0.3 is 20.4 Å². The normalized spacial score (nSPS) is 25.3. The first-order valence-electron chi connectivity index (χ1n) is 9.44. The molecule has 144 valence electrons. The number of aromatic hydroxyl groups is 1. The van der Waals surface area contributed by atoms with Crippen LogP contribution in [-0.2, 0) is 5.60 Å². The molecule has 4 rings (SSSR count). The molecule has 1 aromatic heterocycles. The van der Waals surface area contributed by atoms with Crippen molar-refractivity contribution in [2.45, 2.75) is 44.8 Å². The van der Waals surface area contributed by atoms with Crippen molar-refractivity contribution in [3.8, 4) is 17.0 Å². The summed E-state index contributed by atoms with van der Waals surface area (Å²) < 4.78 is 0. The van der Waals surface area contributed by atoms with Crippen molar-refractivity contribution in [1.82, 2.24) is 15.5 Å². The molecule has 1 saturated heterocycles. The Morgan fingerprint density at radius 3 is 2.81 bits per heavy atom. The van der Waals surface area contributed by atoms with Crippen molar-refractivity contribution in [1.29, 1.82) is 0 Å². The summed E-state index contributed by atoms with van der Waals surface area (Å²) in [6.45, 7) is 6.42. The lowest BCUT2D eigenvalue weighted by atomic mass is 9.87. The number of aryl methyl sites for hydroxylation is 1. The quantitative estimate of drug-likeness (QED) is 0.733. The smallest absolute Gasteiger partial charge is 0.157 e. The molecule has 6 nitrogen and oxygen atoms in total. The number of aromatic nitrogens is 2. The van der Waals surface area contributed by atoms with Crippen molar-refractivity contribution in [3.05, 3.63) is 34.3 Å². The van der Waals surface area contributed by atoms with Crippen molar-refractivity contribution >= 4 is 17.4 Å². The molecule has 0 saturated carbocycles. The van der Waals surface area contributed by atoms with Crippen LogP contribution in [0.4, 0.5) is 5.82 Å². The Bertz CT molecular complexity index is 842. The standard InChI is InChI=1S/C20H25ClN4O2/c1-12-8-13(21)9-17(26)18(12)16-10-15-19(24-23-16)25(7-5-20(15,2)27)14-4-3-6-22-11-14/h8-10,14,22,26-27H,3-7,11H2,1-2H3/t14-,20?/m1/s1. The van der Waals surface area contributed by atoms with Crippen LogP contribution in [0.2, 0.25) is 5.02 Å². The number of phenols is 1. The fraction of sp³-hybridized carbons (Fsp3) is 0.500. The van der Waals surface area contributed by atoms with Crippen LogP contribution < -0.4 is 10.2 Å². The zero-order chi connectivity index (χ0) is 19.2. The average Bonchev–Trinajstić information content (AvgIpc) is 2.62. The highest BCUT2D eigenvalue weighted by Crippen LogP contribution is 2.41. The number of aliphatic hydroxyl groups is 1. The number of hydrogen-bond acceptors (Lipinski definition) is 6. The molecule has 27 heavy (non-hydrogen) atoms. The highest BCUT2D eigenvalue weighted by atomic mass is 35.5. The van der Waals surface area contributed by atoms with Gasteiger partial charge in [-0.05, 0) is 63.4 Å². The van der Waals surface area contributed by atoms with Crippen molar-refractivity contribution in [3.63, 3.8) is 0 Å². The van der Waals surface area contributed by atoms with Gasteiger partial charge in [-0.15, -0.1) is 10.2 Å². The maximum absolute atomic E-state index is 11.0. The summed E-state index contributed by atoms with van der Waals surface area (Å²) in [5.74, 6) is 0.813. The maximum Gasteiger partial charge on any atom is 0.157 e. The van der Waals surface area contributed by atoms with Gasteiger partial charge in [-0.1, -0.05) is 11.6 Å². The van der Waals surface area contributed by atoms with E-state index in [0.717, 1.165) is 49.4 Å². The molecule has 1 fully saturated rings. The highest BCUT2D eigenvalue weighted by molar-refractivity contribution is 6.31. The van der Waals surface area contributed by atoms with E-state index < -0.39 is 5.60 Å². The van der Waals surface area contributed by atoms with Crippen LogP contribution in [0.1, 0.15) is 37.3 Å². The van der Waals surface area contributed by atoms with Crippen LogP contribution in [0.15, 0.2) is 18.2 Å². The highest BCUT2D eigenvalue weighted by Gasteiger charge is 2.38. The Hall–Kier alpha value is -1.89. The minimum Gasteiger partial charge on any atom is -0.507 e. The molecular weight excluding hydrogens is 364 g/mol. The minimum absolute atomic E-state index is 0.0676. The molecule has 0 radical (unpaired) electrons. The van der Waals surface area contributed by atoms with Gasteiger partial charge in [-0.3, -0.25) is 0 Å². The molecule has 0 bridgehead atoms. The van der Waals surface area contributed by atoms with Gasteiger partial charge in [-0.25, -0.2) is 0 Å². The van der Waals surface area contributed by atoms with E-state index >= 15 is 0 Å². The Kier molecular flexibility index (Phi) is 4.74. The summed E-state index contributed by atoms with van der Waals surface area (Å²) in [5.41, 5.74) is 1.75. The van der Waals surface area contributed by atoms with E-state index in [1.165, 1.54) is 6.07 Å². The van der Waals surface area contributed by atoms with Gasteiger partial charge in [0.05, 0.1) is 11.3 Å². The largest absolute Gasteiger partial charge is 0.507 e. The Labute approximate surface area is 164 Å². The molecule has 7 heteroatoms. The van der Waals surface area contributed by atoms with E-state index in [9.17, 15) is 10.2 Å². The number of hydrogen-bond donors (Lipinski definition) is 3. The summed E-state index contributed by atoms with van der Waals surface area (Å²) in [6, 6.07) is 5.51. The molecule has 2 aliphatic rings. The number of anilines is 1. The zero-order valence-electron chi connectivity index (χ0n) is 15.7. The van der Waals surface area contributed by atoms with Crippen molar-refractivity contribution in [2.24, 2.45) is 0 Å². The predicted molar refractivity (Wildman–Crippen MR) is 106 cm³/mol. The van der Waals surface area contributed by atoms with Gasteiger partial charge in [0, 0.05) is 35.3 Å². The first kappa shape index (κ1) is 18.5. The summed E-state index contributed by atoms with van der Waals surface area (Å²) in [6.07, 6.45) is 2.87. The summed E-state index contributed by atoms with van der Waals surface area (Å²) in [7, 11) is 0. The van der Waals surface area contributed by atoms with Gasteiger partial charge >= 0.3 is 0 Å². The monoisotopic (exact) mass is 388 g/mol. The molecule has 1 aromatic carbocycles. The number of nitrogens with one attached hydrogen (secondary N) is 1. The Morgan fingerprint density at radius 2 is 2.11 bits per heavy atom. The second-order valence-corrected chi connectivity index (χ2v) is 8.24. The van der Waals surface area contributed by atoms with E-state index in [4.69, 9.17) is 11.6 Å². The predicted octanol–water partition coefficient (Wildman–Crippen LogP) is 2.98. The molecule has 0 spiro atoms. The molecule has 3 N–H and O–H groups in total. The van der Waals surface area contributed by atoms with Crippen molar-refractivity contribution < 1.29 is 10.2 Å². The van der Waals surface area contributed by atoms with E-state index in [0.29, 0.717) is 28.7 Å². The van der Waals surface area contributed by atoms with Crippen molar-refractivity contribution in [2.75, 3.05) is 24.5 Å². The number of rotatable bonds is 2. The van der Waals surface area contributed by atoms with Gasteiger partial charge in [0.15, 0.2) is 5.82 Å². The zero-order valence-corrected chi connectivity index (χ0v) is 16.4. The molecule has 0 amide bonds. The molecule has 0 aliphatic carbocycles. The van der Waals surface area contributed by atoms with Crippen LogP contribution in [0.3, 0.4) is 0 Å². The van der Waals surface area contributed by atoms with Crippen LogP contribution in [0.5, 0.6) is 5.75 Å². The number of halogens is 1. The van der Waals surface area contributed by atoms with E-state index in [1.54, 1.807) is 6.07 Å². The molecular formula is C20H25ClN4O2. The summed E-state index contributed by atoms with van der Waals surface area (Å²) in [4.78, 5) is 2.27. The Balaban J connectivity index is 1.79. The van der Waals surface area contributed by atoms with Crippen LogP contribution in [0.25, 0.3) is 11.3 Å². The second-order valence-electron chi connectivity index (χ2n) is 7.80. The van der Waals surface area contributed by atoms with E-state index in [2.05, 4.69) is 20.4 Å². The summed E-state index contributed by atoms with van der Waals surface area (Å²) >= 11 is 6.03. The van der Waals surface area contributed by atoms with Gasteiger partial charge in [0.2, 0.25) is 0 Å². The fourth-order valence-electron chi connectivity index (χ4n) is 4.21. The lowest BCUT2D eigenvalue weighted by molar-refractivity contribution is 0.0436. The minimum atomic E-state index is -0.978. The molecule has 3 heterocycles. The van der Waals surface area contributed by atoms with Gasteiger partial charge in [0.25, 0.3) is 0 Å². The third kappa shape index (κ3) is 3.37. The molecule has 2 atom stereocenters. The third-order valence-electron chi connectivity index (χ3n) is 5.71. The average molecular weight is 389 g/mol. The maximum atomic E-state index is 11.0. The summed E-state index contributed by atoms with van der Waals surface area (Å²) in [5, 5.41) is 34.2. The number of phenolic OH excluding ortho intramolecular Hbond substituents is 1.